The fourth-order valence-electron chi connectivity index (χ4n) is 5.95. The number of hydrogen-bond donors (Lipinski definition) is 0. The molecular weight excluding hydrogens is 461 g/mol. The van der Waals surface area contributed by atoms with Crippen molar-refractivity contribution in [2.45, 2.75) is 71.6 Å². The minimum absolute atomic E-state index is 0.0422. The Kier molecular flexibility index (Phi) is 7.36. The molecule has 1 saturated carbocycles. The summed E-state index contributed by atoms with van der Waals surface area (Å²) in [6.07, 6.45) is -0.596. The van der Waals surface area contributed by atoms with Crippen molar-refractivity contribution in [2.24, 2.45) is 17.3 Å². The molecule has 2 aliphatic heterocycles. The molecule has 194 valence electrons. The van der Waals surface area contributed by atoms with Crippen LogP contribution in [0.15, 0.2) is 18.2 Å². The molecule has 0 aromatic heterocycles. The Morgan fingerprint density at radius 3 is 2.54 bits per heavy atom. The SMILES string of the molecule is CCOC(=O)C1CCN([C@@H]2CC[C@@](C(=O)N3COc4ccc(C(F)(F)F)cc4C3)(C(C)C)C2)CC1. The second kappa shape index (κ2) is 9.99. The van der Waals surface area contributed by atoms with Crippen LogP contribution in [-0.2, 0) is 27.0 Å². The number of carbonyl (C=O) groups excluding carboxylic acids is 2. The van der Waals surface area contributed by atoms with Crippen LogP contribution >= 0.6 is 0 Å². The molecule has 0 unspecified atom stereocenters. The molecule has 9 heteroatoms. The van der Waals surface area contributed by atoms with Gasteiger partial charge in [-0.1, -0.05) is 13.8 Å². The highest BCUT2D eigenvalue weighted by molar-refractivity contribution is 5.83. The summed E-state index contributed by atoms with van der Waals surface area (Å²) in [5.41, 5.74) is -0.931. The third kappa shape index (κ3) is 5.15. The zero-order valence-corrected chi connectivity index (χ0v) is 20.7. The van der Waals surface area contributed by atoms with Gasteiger partial charge in [0.25, 0.3) is 0 Å². The van der Waals surface area contributed by atoms with E-state index < -0.39 is 17.2 Å². The average Bonchev–Trinajstić information content (AvgIpc) is 3.29. The topological polar surface area (TPSA) is 59.1 Å². The standard InChI is InChI=1S/C26H35F3N2O4/c1-4-34-23(32)18-8-11-30(12-9-18)21-7-10-25(14-21,17(2)3)24(33)31-15-19-13-20(26(27,28)29)5-6-22(19)35-16-31/h5-6,13,17-18,21H,4,7-12,14-16H2,1-3H3/t21-,25+/m1/s1. The number of halogens is 3. The summed E-state index contributed by atoms with van der Waals surface area (Å²) in [5.74, 6) is 0.259. The van der Waals surface area contributed by atoms with Gasteiger partial charge < -0.3 is 19.3 Å². The van der Waals surface area contributed by atoms with Crippen LogP contribution in [0.25, 0.3) is 0 Å². The van der Waals surface area contributed by atoms with Gasteiger partial charge in [0.15, 0.2) is 6.73 Å². The lowest BCUT2D eigenvalue weighted by Crippen LogP contribution is -2.49. The van der Waals surface area contributed by atoms with E-state index in [1.165, 1.54) is 6.07 Å². The Balaban J connectivity index is 1.44. The molecule has 0 bridgehead atoms. The fraction of sp³-hybridized carbons (Fsp3) is 0.692. The largest absolute Gasteiger partial charge is 0.473 e. The normalized spacial score (nSPS) is 25.9. The summed E-state index contributed by atoms with van der Waals surface area (Å²) in [6.45, 7) is 8.07. The van der Waals surface area contributed by atoms with Gasteiger partial charge in [0, 0.05) is 11.6 Å². The van der Waals surface area contributed by atoms with E-state index in [0.29, 0.717) is 24.3 Å². The number of fused-ring (bicyclic) bond motifs is 1. The smallest absolute Gasteiger partial charge is 0.416 e. The predicted molar refractivity (Wildman–Crippen MR) is 123 cm³/mol. The van der Waals surface area contributed by atoms with Crippen molar-refractivity contribution in [1.29, 1.82) is 0 Å². The zero-order chi connectivity index (χ0) is 25.4. The van der Waals surface area contributed by atoms with Crippen LogP contribution in [0.4, 0.5) is 13.2 Å². The average molecular weight is 497 g/mol. The first kappa shape index (κ1) is 25.8. The number of likely N-dealkylation sites (tertiary alicyclic amines) is 1. The van der Waals surface area contributed by atoms with Gasteiger partial charge in [0.1, 0.15) is 5.75 Å². The van der Waals surface area contributed by atoms with E-state index in [4.69, 9.17) is 9.47 Å². The van der Waals surface area contributed by atoms with Gasteiger partial charge >= 0.3 is 12.1 Å². The molecule has 1 saturated heterocycles. The molecular formula is C26H35F3N2O4. The van der Waals surface area contributed by atoms with Crippen molar-refractivity contribution in [2.75, 3.05) is 26.4 Å². The number of piperidine rings is 1. The molecule has 4 rings (SSSR count). The van der Waals surface area contributed by atoms with Gasteiger partial charge in [0.05, 0.1) is 30.0 Å². The number of carbonyl (C=O) groups is 2. The van der Waals surface area contributed by atoms with Gasteiger partial charge in [0.2, 0.25) is 5.91 Å². The maximum atomic E-state index is 13.8. The van der Waals surface area contributed by atoms with E-state index in [1.807, 2.05) is 20.8 Å². The number of benzene rings is 1. The quantitative estimate of drug-likeness (QED) is 0.546. The second-order valence-electron chi connectivity index (χ2n) is 10.4. The van der Waals surface area contributed by atoms with E-state index in [2.05, 4.69) is 4.90 Å². The third-order valence-corrected chi connectivity index (χ3v) is 8.13. The van der Waals surface area contributed by atoms with Crippen molar-refractivity contribution < 1.29 is 32.2 Å². The molecule has 2 fully saturated rings. The molecule has 3 aliphatic rings. The number of amides is 1. The van der Waals surface area contributed by atoms with Crippen LogP contribution in [0.5, 0.6) is 5.75 Å². The molecule has 1 amide bonds. The number of esters is 1. The maximum Gasteiger partial charge on any atom is 0.416 e. The Labute approximate surface area is 204 Å². The van der Waals surface area contributed by atoms with Gasteiger partial charge in [-0.05, 0) is 76.2 Å². The first-order valence-electron chi connectivity index (χ1n) is 12.6. The Bertz CT molecular complexity index is 943. The van der Waals surface area contributed by atoms with Crippen LogP contribution in [0, 0.1) is 17.3 Å². The molecule has 2 heterocycles. The lowest BCUT2D eigenvalue weighted by Gasteiger charge is -2.40. The summed E-state index contributed by atoms with van der Waals surface area (Å²) in [7, 11) is 0. The lowest BCUT2D eigenvalue weighted by molar-refractivity contribution is -0.150. The molecule has 1 aromatic rings. The molecule has 0 spiro atoms. The molecule has 2 atom stereocenters. The van der Waals surface area contributed by atoms with Crippen molar-refractivity contribution in [3.63, 3.8) is 0 Å². The monoisotopic (exact) mass is 496 g/mol. The van der Waals surface area contributed by atoms with Gasteiger partial charge in [-0.2, -0.15) is 13.2 Å². The Morgan fingerprint density at radius 2 is 1.91 bits per heavy atom. The van der Waals surface area contributed by atoms with E-state index >= 15 is 0 Å². The minimum atomic E-state index is -4.44. The Hall–Kier alpha value is -2.29. The molecule has 1 aromatic carbocycles. The van der Waals surface area contributed by atoms with Crippen molar-refractivity contribution in [3.05, 3.63) is 29.3 Å². The van der Waals surface area contributed by atoms with Crippen LogP contribution in [0.3, 0.4) is 0 Å². The zero-order valence-electron chi connectivity index (χ0n) is 20.7. The van der Waals surface area contributed by atoms with Crippen LogP contribution in [0.2, 0.25) is 0 Å². The highest BCUT2D eigenvalue weighted by Gasteiger charge is 2.51. The summed E-state index contributed by atoms with van der Waals surface area (Å²) in [6, 6.07) is 3.68. The lowest BCUT2D eigenvalue weighted by atomic mass is 9.74. The van der Waals surface area contributed by atoms with Gasteiger partial charge in [-0.15, -0.1) is 0 Å². The number of nitrogens with zero attached hydrogens (tertiary/aromatic N) is 2. The van der Waals surface area contributed by atoms with E-state index in [-0.39, 0.29) is 43.0 Å². The first-order valence-corrected chi connectivity index (χ1v) is 12.6. The van der Waals surface area contributed by atoms with Crippen molar-refractivity contribution in [3.8, 4) is 5.75 Å². The molecule has 35 heavy (non-hydrogen) atoms. The molecule has 6 nitrogen and oxygen atoms in total. The number of ether oxygens (including phenoxy) is 2. The predicted octanol–water partition coefficient (Wildman–Crippen LogP) is 4.85. The van der Waals surface area contributed by atoms with Crippen LogP contribution < -0.4 is 4.74 Å². The van der Waals surface area contributed by atoms with Crippen molar-refractivity contribution >= 4 is 11.9 Å². The third-order valence-electron chi connectivity index (χ3n) is 8.13. The summed E-state index contributed by atoms with van der Waals surface area (Å²) in [4.78, 5) is 29.9. The summed E-state index contributed by atoms with van der Waals surface area (Å²) in [5, 5.41) is 0. The van der Waals surface area contributed by atoms with Crippen molar-refractivity contribution in [1.82, 2.24) is 9.80 Å². The van der Waals surface area contributed by atoms with E-state index in [0.717, 1.165) is 50.9 Å². The number of rotatable bonds is 5. The Morgan fingerprint density at radius 1 is 1.20 bits per heavy atom. The second-order valence-corrected chi connectivity index (χ2v) is 10.4. The highest BCUT2D eigenvalue weighted by Crippen LogP contribution is 2.48. The van der Waals surface area contributed by atoms with Gasteiger partial charge in [-0.25, -0.2) is 0 Å². The molecule has 1 aliphatic carbocycles. The maximum absolute atomic E-state index is 13.8. The van der Waals surface area contributed by atoms with E-state index in [1.54, 1.807) is 4.90 Å². The minimum Gasteiger partial charge on any atom is -0.473 e. The van der Waals surface area contributed by atoms with E-state index in [9.17, 15) is 22.8 Å². The van der Waals surface area contributed by atoms with Gasteiger partial charge in [-0.3, -0.25) is 9.59 Å². The summed E-state index contributed by atoms with van der Waals surface area (Å²) >= 11 is 0. The van der Waals surface area contributed by atoms with Crippen LogP contribution in [-0.4, -0.2) is 54.1 Å². The fourth-order valence-corrected chi connectivity index (χ4v) is 5.95. The van der Waals surface area contributed by atoms with Crippen LogP contribution in [0.1, 0.15) is 64.0 Å². The first-order chi connectivity index (χ1) is 16.5. The molecule has 0 N–H and O–H groups in total. The molecule has 0 radical (unpaired) electrons. The highest BCUT2D eigenvalue weighted by atomic mass is 19.4. The summed E-state index contributed by atoms with van der Waals surface area (Å²) < 4.78 is 50.5. The number of hydrogen-bond acceptors (Lipinski definition) is 5. The number of alkyl halides is 3.